The average Bonchev–Trinajstić information content (AvgIpc) is 3.18. The quantitative estimate of drug-likeness (QED) is 0.702. The zero-order valence-corrected chi connectivity index (χ0v) is 14.7. The predicted molar refractivity (Wildman–Crippen MR) is 101 cm³/mol. The smallest absolute Gasteiger partial charge is 0.248 e. The number of carbonyl (C=O) groups is 2. The second-order valence-electron chi connectivity index (χ2n) is 6.08. The van der Waals surface area contributed by atoms with Crippen molar-refractivity contribution in [2.45, 2.75) is 19.4 Å². The maximum Gasteiger partial charge on any atom is 0.248 e. The standard InChI is InChI=1S/C20H19FN4O2/c1-14(25-11-3-10-22-25)20(27)24-18-5-2-4-17(13-18)23-19(26)12-15-6-8-16(21)9-7-15/h2-11,13-14H,12H2,1H3,(H,23,26)(H,24,27)/t14-/m1/s1. The molecule has 0 unspecified atom stereocenters. The first-order chi connectivity index (χ1) is 13.0. The van der Waals surface area contributed by atoms with E-state index in [9.17, 15) is 14.0 Å². The summed E-state index contributed by atoms with van der Waals surface area (Å²) in [5, 5.41) is 9.64. The second kappa shape index (κ2) is 8.27. The monoisotopic (exact) mass is 366 g/mol. The minimum Gasteiger partial charge on any atom is -0.326 e. The lowest BCUT2D eigenvalue weighted by Crippen LogP contribution is -2.24. The molecule has 3 aromatic rings. The molecule has 0 fully saturated rings. The van der Waals surface area contributed by atoms with Gasteiger partial charge in [-0.1, -0.05) is 18.2 Å². The van der Waals surface area contributed by atoms with Gasteiger partial charge in [-0.3, -0.25) is 14.3 Å². The fraction of sp³-hybridized carbons (Fsp3) is 0.150. The number of nitrogens with zero attached hydrogens (tertiary/aromatic N) is 2. The average molecular weight is 366 g/mol. The first-order valence-electron chi connectivity index (χ1n) is 8.45. The highest BCUT2D eigenvalue weighted by Gasteiger charge is 2.15. The number of hydrogen-bond donors (Lipinski definition) is 2. The fourth-order valence-corrected chi connectivity index (χ4v) is 2.54. The van der Waals surface area contributed by atoms with Crippen LogP contribution in [0.25, 0.3) is 0 Å². The van der Waals surface area contributed by atoms with Crippen LogP contribution in [0.15, 0.2) is 67.0 Å². The van der Waals surface area contributed by atoms with E-state index in [1.165, 1.54) is 12.1 Å². The van der Waals surface area contributed by atoms with Gasteiger partial charge in [0.15, 0.2) is 0 Å². The molecule has 6 nitrogen and oxygen atoms in total. The molecule has 7 heteroatoms. The first kappa shape index (κ1) is 18.3. The van der Waals surface area contributed by atoms with Gasteiger partial charge in [-0.25, -0.2) is 4.39 Å². The van der Waals surface area contributed by atoms with Gasteiger partial charge in [0.2, 0.25) is 11.8 Å². The van der Waals surface area contributed by atoms with Gasteiger partial charge in [0.1, 0.15) is 11.9 Å². The normalized spacial score (nSPS) is 11.6. The van der Waals surface area contributed by atoms with E-state index in [1.54, 1.807) is 66.5 Å². The number of aromatic nitrogens is 2. The van der Waals surface area contributed by atoms with Crippen LogP contribution in [0.4, 0.5) is 15.8 Å². The van der Waals surface area contributed by atoms with Crippen LogP contribution < -0.4 is 10.6 Å². The van der Waals surface area contributed by atoms with Crippen molar-refractivity contribution < 1.29 is 14.0 Å². The Bertz CT molecular complexity index is 923. The van der Waals surface area contributed by atoms with Gasteiger partial charge in [-0.15, -0.1) is 0 Å². The number of rotatable bonds is 6. The minimum absolute atomic E-state index is 0.132. The van der Waals surface area contributed by atoms with Gasteiger partial charge < -0.3 is 10.6 Å². The third kappa shape index (κ3) is 5.01. The number of anilines is 2. The summed E-state index contributed by atoms with van der Waals surface area (Å²) < 4.78 is 14.5. The molecule has 0 bridgehead atoms. The molecule has 0 aliphatic heterocycles. The molecule has 0 aliphatic carbocycles. The summed E-state index contributed by atoms with van der Waals surface area (Å²) in [6, 6.07) is 14.0. The Morgan fingerprint density at radius 3 is 2.44 bits per heavy atom. The number of hydrogen-bond acceptors (Lipinski definition) is 3. The second-order valence-corrected chi connectivity index (χ2v) is 6.08. The van der Waals surface area contributed by atoms with Crippen molar-refractivity contribution in [2.75, 3.05) is 10.6 Å². The van der Waals surface area contributed by atoms with Crippen molar-refractivity contribution in [2.24, 2.45) is 0 Å². The van der Waals surface area contributed by atoms with Gasteiger partial charge in [0.25, 0.3) is 0 Å². The van der Waals surface area contributed by atoms with Crippen molar-refractivity contribution in [1.82, 2.24) is 9.78 Å². The lowest BCUT2D eigenvalue weighted by molar-refractivity contribution is -0.119. The fourth-order valence-electron chi connectivity index (χ4n) is 2.54. The van der Waals surface area contributed by atoms with Gasteiger partial charge in [0, 0.05) is 23.8 Å². The molecule has 2 aromatic carbocycles. The molecule has 1 atom stereocenters. The number of amides is 2. The van der Waals surface area contributed by atoms with E-state index in [1.807, 2.05) is 0 Å². The summed E-state index contributed by atoms with van der Waals surface area (Å²) in [5.74, 6) is -0.782. The zero-order chi connectivity index (χ0) is 19.2. The van der Waals surface area contributed by atoms with Crippen LogP contribution >= 0.6 is 0 Å². The Morgan fingerprint density at radius 2 is 1.78 bits per heavy atom. The molecule has 0 saturated carbocycles. The largest absolute Gasteiger partial charge is 0.326 e. The number of nitrogens with one attached hydrogen (secondary N) is 2. The van der Waals surface area contributed by atoms with Gasteiger partial charge >= 0.3 is 0 Å². The predicted octanol–water partition coefficient (Wildman–Crippen LogP) is 3.40. The molecule has 1 aromatic heterocycles. The Kier molecular flexibility index (Phi) is 5.61. The molecule has 2 N–H and O–H groups in total. The highest BCUT2D eigenvalue weighted by atomic mass is 19.1. The number of carbonyl (C=O) groups excluding carboxylic acids is 2. The van der Waals surface area contributed by atoms with Crippen LogP contribution in [-0.2, 0) is 16.0 Å². The minimum atomic E-state index is -0.461. The summed E-state index contributed by atoms with van der Waals surface area (Å²) in [5.41, 5.74) is 1.84. The van der Waals surface area contributed by atoms with Crippen LogP contribution in [0.3, 0.4) is 0 Å². The van der Waals surface area contributed by atoms with E-state index in [0.29, 0.717) is 16.9 Å². The van der Waals surface area contributed by atoms with Gasteiger partial charge in [0.05, 0.1) is 6.42 Å². The lowest BCUT2D eigenvalue weighted by atomic mass is 10.1. The zero-order valence-electron chi connectivity index (χ0n) is 14.7. The van der Waals surface area contributed by atoms with E-state index >= 15 is 0 Å². The lowest BCUT2D eigenvalue weighted by Gasteiger charge is -2.13. The van der Waals surface area contributed by atoms with E-state index in [0.717, 1.165) is 0 Å². The van der Waals surface area contributed by atoms with E-state index in [4.69, 9.17) is 0 Å². The Hall–Kier alpha value is -3.48. The third-order valence-electron chi connectivity index (χ3n) is 3.99. The molecule has 0 aliphatic rings. The van der Waals surface area contributed by atoms with Crippen molar-refractivity contribution in [3.8, 4) is 0 Å². The van der Waals surface area contributed by atoms with Gasteiger partial charge in [-0.05, 0) is 48.9 Å². The molecule has 2 amide bonds. The van der Waals surface area contributed by atoms with Crippen LogP contribution in [0.1, 0.15) is 18.5 Å². The molecule has 0 saturated heterocycles. The summed E-state index contributed by atoms with van der Waals surface area (Å²) in [4.78, 5) is 24.5. The van der Waals surface area contributed by atoms with E-state index in [2.05, 4.69) is 15.7 Å². The van der Waals surface area contributed by atoms with Crippen molar-refractivity contribution in [3.63, 3.8) is 0 Å². The molecular formula is C20H19FN4O2. The summed E-state index contributed by atoms with van der Waals surface area (Å²) in [7, 11) is 0. The molecule has 0 spiro atoms. The molecule has 0 radical (unpaired) electrons. The SMILES string of the molecule is C[C@H](C(=O)Nc1cccc(NC(=O)Cc2ccc(F)cc2)c1)n1cccn1. The maximum absolute atomic E-state index is 12.9. The highest BCUT2D eigenvalue weighted by Crippen LogP contribution is 2.17. The van der Waals surface area contributed by atoms with Crippen LogP contribution in [0.2, 0.25) is 0 Å². The molecule has 3 rings (SSSR count). The summed E-state index contributed by atoms with van der Waals surface area (Å²) >= 11 is 0. The molecular weight excluding hydrogens is 347 g/mol. The topological polar surface area (TPSA) is 76.0 Å². The van der Waals surface area contributed by atoms with Crippen molar-refractivity contribution >= 4 is 23.2 Å². The molecule has 138 valence electrons. The number of benzene rings is 2. The highest BCUT2D eigenvalue weighted by molar-refractivity contribution is 5.96. The molecule has 1 heterocycles. The van der Waals surface area contributed by atoms with Crippen molar-refractivity contribution in [3.05, 3.63) is 78.4 Å². The van der Waals surface area contributed by atoms with Gasteiger partial charge in [-0.2, -0.15) is 5.10 Å². The van der Waals surface area contributed by atoms with E-state index < -0.39 is 6.04 Å². The maximum atomic E-state index is 12.9. The summed E-state index contributed by atoms with van der Waals surface area (Å²) in [6.07, 6.45) is 3.46. The third-order valence-corrected chi connectivity index (χ3v) is 3.99. The van der Waals surface area contributed by atoms with Crippen molar-refractivity contribution in [1.29, 1.82) is 0 Å². The first-order valence-corrected chi connectivity index (χ1v) is 8.45. The molecule has 27 heavy (non-hydrogen) atoms. The van der Waals surface area contributed by atoms with Crippen LogP contribution in [0.5, 0.6) is 0 Å². The Balaban J connectivity index is 1.60. The van der Waals surface area contributed by atoms with Crippen LogP contribution in [-0.4, -0.2) is 21.6 Å². The van der Waals surface area contributed by atoms with E-state index in [-0.39, 0.29) is 24.1 Å². The number of halogens is 1. The summed E-state index contributed by atoms with van der Waals surface area (Å²) in [6.45, 7) is 1.75. The Labute approximate surface area is 156 Å². The van der Waals surface area contributed by atoms with Crippen LogP contribution in [0, 0.1) is 5.82 Å². The Morgan fingerprint density at radius 1 is 1.07 bits per heavy atom.